The van der Waals surface area contributed by atoms with E-state index in [9.17, 15) is 0 Å². The molecule has 0 aromatic carbocycles. The van der Waals surface area contributed by atoms with Gasteiger partial charge in [-0.1, -0.05) is 20.3 Å². The van der Waals surface area contributed by atoms with Crippen LogP contribution in [0.4, 0.5) is 0 Å². The predicted octanol–water partition coefficient (Wildman–Crippen LogP) is 3.11. The Hall–Kier alpha value is -0.760. The summed E-state index contributed by atoms with van der Waals surface area (Å²) in [7, 11) is 0. The minimum Gasteiger partial charge on any atom is -0.472 e. The van der Waals surface area contributed by atoms with Crippen LogP contribution in [0.25, 0.3) is 0 Å². The van der Waals surface area contributed by atoms with Crippen LogP contribution in [0.1, 0.15) is 44.7 Å². The Balaban J connectivity index is 2.16. The lowest BCUT2D eigenvalue weighted by Crippen LogP contribution is -2.29. The average Bonchev–Trinajstić information content (AvgIpc) is 2.71. The van der Waals surface area contributed by atoms with E-state index in [4.69, 9.17) is 10.2 Å². The molecular formula is C12H19NO. The van der Waals surface area contributed by atoms with E-state index >= 15 is 0 Å². The first-order chi connectivity index (χ1) is 6.61. The zero-order chi connectivity index (χ0) is 10.2. The Morgan fingerprint density at radius 1 is 1.57 bits per heavy atom. The van der Waals surface area contributed by atoms with Crippen molar-refractivity contribution in [2.75, 3.05) is 0 Å². The molecule has 0 spiro atoms. The molecular weight excluding hydrogens is 174 g/mol. The van der Waals surface area contributed by atoms with Gasteiger partial charge in [0.15, 0.2) is 0 Å². The highest BCUT2D eigenvalue weighted by molar-refractivity contribution is 5.14. The van der Waals surface area contributed by atoms with E-state index in [1.807, 2.05) is 6.07 Å². The lowest BCUT2D eigenvalue weighted by atomic mass is 9.76. The third-order valence-corrected chi connectivity index (χ3v) is 3.70. The number of hydrogen-bond acceptors (Lipinski definition) is 2. The summed E-state index contributed by atoms with van der Waals surface area (Å²) < 4.78 is 5.08. The van der Waals surface area contributed by atoms with Crippen molar-refractivity contribution in [2.24, 2.45) is 17.1 Å². The van der Waals surface area contributed by atoms with E-state index in [1.165, 1.54) is 19.3 Å². The molecule has 1 aliphatic rings. The number of rotatable bonds is 2. The molecule has 2 rings (SSSR count). The maximum absolute atomic E-state index is 6.26. The third-order valence-electron chi connectivity index (χ3n) is 3.70. The van der Waals surface area contributed by atoms with Crippen molar-refractivity contribution in [3.63, 3.8) is 0 Å². The van der Waals surface area contributed by atoms with E-state index in [0.29, 0.717) is 11.3 Å². The number of furan rings is 1. The first kappa shape index (κ1) is 9.78. The average molecular weight is 193 g/mol. The Labute approximate surface area is 85.5 Å². The van der Waals surface area contributed by atoms with Crippen LogP contribution >= 0.6 is 0 Å². The van der Waals surface area contributed by atoms with Crippen LogP contribution in [0.15, 0.2) is 23.0 Å². The third kappa shape index (κ3) is 1.59. The van der Waals surface area contributed by atoms with Gasteiger partial charge in [0, 0.05) is 11.6 Å². The lowest BCUT2D eigenvalue weighted by molar-refractivity contribution is 0.221. The Morgan fingerprint density at radius 2 is 2.36 bits per heavy atom. The van der Waals surface area contributed by atoms with Crippen LogP contribution in [0.3, 0.4) is 0 Å². The van der Waals surface area contributed by atoms with Gasteiger partial charge in [-0.05, 0) is 30.2 Å². The lowest BCUT2D eigenvalue weighted by Gasteiger charge is -2.31. The molecule has 2 N–H and O–H groups in total. The minimum atomic E-state index is 0.145. The van der Waals surface area contributed by atoms with E-state index in [-0.39, 0.29) is 6.04 Å². The molecule has 2 unspecified atom stereocenters. The predicted molar refractivity (Wildman–Crippen MR) is 56.8 cm³/mol. The highest BCUT2D eigenvalue weighted by Crippen LogP contribution is 2.47. The molecule has 0 bridgehead atoms. The van der Waals surface area contributed by atoms with Gasteiger partial charge in [0.1, 0.15) is 0 Å². The van der Waals surface area contributed by atoms with Crippen molar-refractivity contribution >= 4 is 0 Å². The summed E-state index contributed by atoms with van der Waals surface area (Å²) in [6, 6.07) is 2.13. The van der Waals surface area contributed by atoms with E-state index in [2.05, 4.69) is 13.8 Å². The van der Waals surface area contributed by atoms with Crippen LogP contribution < -0.4 is 5.73 Å². The maximum atomic E-state index is 6.26. The SMILES string of the molecule is CC1(C)CCCC1C(N)c1ccoc1. The van der Waals surface area contributed by atoms with Gasteiger partial charge in [-0.3, -0.25) is 0 Å². The molecule has 2 atom stereocenters. The normalized spacial score (nSPS) is 27.8. The largest absolute Gasteiger partial charge is 0.472 e. The van der Waals surface area contributed by atoms with Crippen LogP contribution in [-0.4, -0.2) is 0 Å². The summed E-state index contributed by atoms with van der Waals surface area (Å²) in [5.41, 5.74) is 7.79. The molecule has 1 fully saturated rings. The van der Waals surface area contributed by atoms with Gasteiger partial charge < -0.3 is 10.2 Å². The molecule has 1 aromatic heterocycles. The molecule has 0 saturated heterocycles. The molecule has 1 saturated carbocycles. The second-order valence-electron chi connectivity index (χ2n) is 5.07. The summed E-state index contributed by atoms with van der Waals surface area (Å²) >= 11 is 0. The standard InChI is InChI=1S/C12H19NO/c1-12(2)6-3-4-10(12)11(13)9-5-7-14-8-9/h5,7-8,10-11H,3-4,6,13H2,1-2H3. The topological polar surface area (TPSA) is 39.2 Å². The number of nitrogens with two attached hydrogens (primary N) is 1. The van der Waals surface area contributed by atoms with Crippen LogP contribution in [0.2, 0.25) is 0 Å². The second kappa shape index (κ2) is 3.43. The first-order valence-electron chi connectivity index (χ1n) is 5.39. The fraction of sp³-hybridized carbons (Fsp3) is 0.667. The smallest absolute Gasteiger partial charge is 0.0950 e. The molecule has 1 aliphatic carbocycles. The zero-order valence-electron chi connectivity index (χ0n) is 8.99. The quantitative estimate of drug-likeness (QED) is 0.783. The van der Waals surface area contributed by atoms with Gasteiger partial charge in [-0.2, -0.15) is 0 Å². The Kier molecular flexibility index (Phi) is 2.40. The molecule has 0 amide bonds. The van der Waals surface area contributed by atoms with Gasteiger partial charge in [-0.15, -0.1) is 0 Å². The molecule has 2 heteroatoms. The fourth-order valence-electron chi connectivity index (χ4n) is 2.72. The first-order valence-corrected chi connectivity index (χ1v) is 5.39. The molecule has 0 aliphatic heterocycles. The second-order valence-corrected chi connectivity index (χ2v) is 5.07. The van der Waals surface area contributed by atoms with Gasteiger partial charge in [0.05, 0.1) is 12.5 Å². The van der Waals surface area contributed by atoms with Crippen molar-refractivity contribution in [1.82, 2.24) is 0 Å². The maximum Gasteiger partial charge on any atom is 0.0950 e. The van der Waals surface area contributed by atoms with Crippen molar-refractivity contribution < 1.29 is 4.42 Å². The van der Waals surface area contributed by atoms with Gasteiger partial charge >= 0.3 is 0 Å². The van der Waals surface area contributed by atoms with Crippen molar-refractivity contribution in [3.8, 4) is 0 Å². The van der Waals surface area contributed by atoms with Crippen molar-refractivity contribution in [2.45, 2.75) is 39.2 Å². The van der Waals surface area contributed by atoms with E-state index < -0.39 is 0 Å². The van der Waals surface area contributed by atoms with E-state index in [0.717, 1.165) is 5.56 Å². The molecule has 2 nitrogen and oxygen atoms in total. The van der Waals surface area contributed by atoms with Crippen molar-refractivity contribution in [3.05, 3.63) is 24.2 Å². The molecule has 1 heterocycles. The zero-order valence-corrected chi connectivity index (χ0v) is 8.99. The van der Waals surface area contributed by atoms with Crippen molar-refractivity contribution in [1.29, 1.82) is 0 Å². The van der Waals surface area contributed by atoms with Gasteiger partial charge in [0.2, 0.25) is 0 Å². The minimum absolute atomic E-state index is 0.145. The molecule has 0 radical (unpaired) electrons. The Morgan fingerprint density at radius 3 is 2.86 bits per heavy atom. The van der Waals surface area contributed by atoms with Crippen LogP contribution in [-0.2, 0) is 0 Å². The highest BCUT2D eigenvalue weighted by Gasteiger charge is 2.38. The van der Waals surface area contributed by atoms with E-state index in [1.54, 1.807) is 12.5 Å². The monoisotopic (exact) mass is 193 g/mol. The fourth-order valence-corrected chi connectivity index (χ4v) is 2.72. The summed E-state index contributed by atoms with van der Waals surface area (Å²) in [5.74, 6) is 0.597. The highest BCUT2D eigenvalue weighted by atomic mass is 16.3. The Bertz CT molecular complexity index is 289. The van der Waals surface area contributed by atoms with Crippen LogP contribution in [0, 0.1) is 11.3 Å². The number of hydrogen-bond donors (Lipinski definition) is 1. The molecule has 14 heavy (non-hydrogen) atoms. The summed E-state index contributed by atoms with van der Waals surface area (Å²) in [6.07, 6.45) is 7.34. The summed E-state index contributed by atoms with van der Waals surface area (Å²) in [4.78, 5) is 0. The summed E-state index contributed by atoms with van der Waals surface area (Å²) in [6.45, 7) is 4.65. The van der Waals surface area contributed by atoms with Gasteiger partial charge in [0.25, 0.3) is 0 Å². The summed E-state index contributed by atoms with van der Waals surface area (Å²) in [5, 5.41) is 0. The molecule has 78 valence electrons. The van der Waals surface area contributed by atoms with Gasteiger partial charge in [-0.25, -0.2) is 0 Å². The van der Waals surface area contributed by atoms with Crippen LogP contribution in [0.5, 0.6) is 0 Å². The molecule has 1 aromatic rings.